The van der Waals surface area contributed by atoms with Crippen molar-refractivity contribution in [2.75, 3.05) is 13.1 Å². The number of amides is 3. The van der Waals surface area contributed by atoms with Gasteiger partial charge in [-0.05, 0) is 44.6 Å². The highest BCUT2D eigenvalue weighted by Crippen LogP contribution is 2.47. The molecule has 1 aromatic rings. The van der Waals surface area contributed by atoms with Crippen molar-refractivity contribution in [3.8, 4) is 0 Å². The minimum atomic E-state index is -4.94. The molecule has 10 heteroatoms. The first-order valence-corrected chi connectivity index (χ1v) is 11.8. The van der Waals surface area contributed by atoms with E-state index in [1.807, 2.05) is 37.3 Å². The average Bonchev–Trinajstić information content (AvgIpc) is 3.47. The van der Waals surface area contributed by atoms with Crippen LogP contribution in [0.4, 0.5) is 18.0 Å². The molecule has 186 valence electrons. The van der Waals surface area contributed by atoms with Gasteiger partial charge in [-0.25, -0.2) is 4.79 Å². The molecule has 0 bridgehead atoms. The highest BCUT2D eigenvalue weighted by atomic mass is 19.4. The highest BCUT2D eigenvalue weighted by Gasteiger charge is 2.60. The van der Waals surface area contributed by atoms with Crippen molar-refractivity contribution < 1.29 is 32.3 Å². The van der Waals surface area contributed by atoms with E-state index in [1.54, 1.807) is 11.8 Å². The number of halogens is 3. The van der Waals surface area contributed by atoms with E-state index in [-0.39, 0.29) is 31.6 Å². The first kappa shape index (κ1) is 24.3. The molecular weight excluding hydrogens is 451 g/mol. The fraction of sp³-hybridized carbons (Fsp3) is 0.625. The third-order valence-corrected chi connectivity index (χ3v) is 7.31. The molecular formula is C24H30F3N3O4. The summed E-state index contributed by atoms with van der Waals surface area (Å²) in [6.45, 7) is 3.64. The monoisotopic (exact) mass is 481 g/mol. The van der Waals surface area contributed by atoms with E-state index in [4.69, 9.17) is 4.74 Å². The molecule has 3 aliphatic rings. The Balaban J connectivity index is 1.48. The summed E-state index contributed by atoms with van der Waals surface area (Å²) < 4.78 is 45.0. The van der Waals surface area contributed by atoms with Gasteiger partial charge >= 0.3 is 18.2 Å². The van der Waals surface area contributed by atoms with Crippen LogP contribution in [0.25, 0.3) is 0 Å². The van der Waals surface area contributed by atoms with Crippen LogP contribution in [0, 0.1) is 0 Å². The topological polar surface area (TPSA) is 70.2 Å². The molecule has 0 radical (unpaired) electrons. The van der Waals surface area contributed by atoms with Gasteiger partial charge in [0.25, 0.3) is 0 Å². The van der Waals surface area contributed by atoms with Crippen molar-refractivity contribution in [2.24, 2.45) is 0 Å². The van der Waals surface area contributed by atoms with Crippen molar-refractivity contribution in [1.29, 1.82) is 0 Å². The van der Waals surface area contributed by atoms with E-state index in [0.717, 1.165) is 10.5 Å². The van der Waals surface area contributed by atoms with Gasteiger partial charge in [-0.3, -0.25) is 14.5 Å². The van der Waals surface area contributed by atoms with Crippen LogP contribution in [0.15, 0.2) is 30.3 Å². The number of carbonyl (C=O) groups is 3. The fourth-order valence-corrected chi connectivity index (χ4v) is 5.18. The summed E-state index contributed by atoms with van der Waals surface area (Å²) in [4.78, 5) is 42.6. The van der Waals surface area contributed by atoms with Crippen LogP contribution in [0.1, 0.15) is 51.5 Å². The molecule has 3 amide bonds. The number of carbonyl (C=O) groups excluding carboxylic acids is 3. The van der Waals surface area contributed by atoms with Crippen LogP contribution in [-0.4, -0.2) is 75.5 Å². The molecule has 0 N–H and O–H groups in total. The molecule has 2 saturated heterocycles. The Bertz CT molecular complexity index is 935. The Kier molecular flexibility index (Phi) is 6.52. The van der Waals surface area contributed by atoms with E-state index < -0.39 is 35.8 Å². The Hall–Kier alpha value is -2.78. The van der Waals surface area contributed by atoms with Crippen LogP contribution in [0.5, 0.6) is 0 Å². The van der Waals surface area contributed by atoms with Crippen LogP contribution < -0.4 is 0 Å². The van der Waals surface area contributed by atoms with Gasteiger partial charge in [-0.1, -0.05) is 37.3 Å². The number of likely N-dealkylation sites (tertiary alicyclic amines) is 1. The first-order chi connectivity index (χ1) is 16.1. The lowest BCUT2D eigenvalue weighted by Gasteiger charge is -2.48. The Morgan fingerprint density at radius 2 is 1.79 bits per heavy atom. The minimum Gasteiger partial charge on any atom is -0.445 e. The number of ether oxygens (including phenoxy) is 1. The van der Waals surface area contributed by atoms with Crippen molar-refractivity contribution >= 4 is 17.9 Å². The Morgan fingerprint density at radius 1 is 1.12 bits per heavy atom. The lowest BCUT2D eigenvalue weighted by atomic mass is 10.00. The predicted molar refractivity (Wildman–Crippen MR) is 116 cm³/mol. The molecule has 1 aromatic carbocycles. The molecule has 1 saturated carbocycles. The van der Waals surface area contributed by atoms with E-state index in [1.165, 1.54) is 4.90 Å². The van der Waals surface area contributed by atoms with Gasteiger partial charge in [0.2, 0.25) is 5.91 Å². The minimum absolute atomic E-state index is 0.0595. The molecule has 2 heterocycles. The van der Waals surface area contributed by atoms with E-state index in [0.29, 0.717) is 32.1 Å². The highest BCUT2D eigenvalue weighted by molar-refractivity contribution is 5.88. The van der Waals surface area contributed by atoms with Crippen molar-refractivity contribution in [3.05, 3.63) is 35.9 Å². The summed E-state index contributed by atoms with van der Waals surface area (Å²) in [5, 5.41) is 0. The molecule has 1 spiro atoms. The van der Waals surface area contributed by atoms with Gasteiger partial charge in [0, 0.05) is 25.2 Å². The van der Waals surface area contributed by atoms with Crippen LogP contribution in [0.2, 0.25) is 0 Å². The fourth-order valence-electron chi connectivity index (χ4n) is 5.18. The molecule has 34 heavy (non-hydrogen) atoms. The SMILES string of the molecule is CC[C@H]1CN(C(=O)C(F)(F)F)C2(CC2)CN1C(=O)[C@@H]1CC[C@@H](C)N1C(=O)OCc1ccccc1. The second kappa shape index (κ2) is 9.11. The van der Waals surface area contributed by atoms with Gasteiger partial charge in [0.05, 0.1) is 5.54 Å². The van der Waals surface area contributed by atoms with Crippen LogP contribution in [-0.2, 0) is 20.9 Å². The number of nitrogens with zero attached hydrogens (tertiary/aromatic N) is 3. The molecule has 2 aliphatic heterocycles. The summed E-state index contributed by atoms with van der Waals surface area (Å²) in [7, 11) is 0. The quantitative estimate of drug-likeness (QED) is 0.657. The van der Waals surface area contributed by atoms with Crippen LogP contribution in [0.3, 0.4) is 0 Å². The molecule has 3 fully saturated rings. The third kappa shape index (κ3) is 4.59. The second-order valence-corrected chi connectivity index (χ2v) is 9.56. The lowest BCUT2D eigenvalue weighted by Crippen LogP contribution is -2.66. The molecule has 7 nitrogen and oxygen atoms in total. The smallest absolute Gasteiger partial charge is 0.445 e. The summed E-state index contributed by atoms with van der Waals surface area (Å²) in [6.07, 6.45) is -3.16. The molecule has 0 aromatic heterocycles. The largest absolute Gasteiger partial charge is 0.471 e. The maximum Gasteiger partial charge on any atom is 0.471 e. The molecule has 0 unspecified atom stereocenters. The number of hydrogen-bond acceptors (Lipinski definition) is 4. The number of alkyl halides is 3. The maximum atomic E-state index is 13.6. The number of rotatable bonds is 4. The van der Waals surface area contributed by atoms with Gasteiger partial charge < -0.3 is 14.5 Å². The molecule has 4 rings (SSSR count). The maximum absolute atomic E-state index is 13.6. The van der Waals surface area contributed by atoms with Gasteiger partial charge in [0.1, 0.15) is 12.6 Å². The average molecular weight is 482 g/mol. The normalized spacial score (nSPS) is 26.0. The Morgan fingerprint density at radius 3 is 2.38 bits per heavy atom. The third-order valence-electron chi connectivity index (χ3n) is 7.31. The molecule has 3 atom stereocenters. The van der Waals surface area contributed by atoms with E-state index in [2.05, 4.69) is 0 Å². The summed E-state index contributed by atoms with van der Waals surface area (Å²) >= 11 is 0. The lowest BCUT2D eigenvalue weighted by molar-refractivity contribution is -0.193. The summed E-state index contributed by atoms with van der Waals surface area (Å²) in [6, 6.07) is 7.77. The zero-order valence-corrected chi connectivity index (χ0v) is 19.4. The van der Waals surface area contributed by atoms with Crippen molar-refractivity contribution in [2.45, 2.75) is 82.4 Å². The zero-order valence-electron chi connectivity index (χ0n) is 19.4. The van der Waals surface area contributed by atoms with Gasteiger partial charge in [0.15, 0.2) is 0 Å². The van der Waals surface area contributed by atoms with E-state index >= 15 is 0 Å². The zero-order chi connectivity index (χ0) is 24.7. The summed E-state index contributed by atoms with van der Waals surface area (Å²) in [5.41, 5.74) is -0.130. The molecule has 1 aliphatic carbocycles. The standard InChI is InChI=1S/C24H30F3N3O4/c1-3-18-13-29(21(32)24(25,26)27)23(11-12-23)15-28(18)20(31)19-10-9-16(2)30(19)22(33)34-14-17-7-5-4-6-8-17/h4-8,16,18-19H,3,9-15H2,1-2H3/t16-,18+,19+/m1/s1. The summed E-state index contributed by atoms with van der Waals surface area (Å²) in [5.74, 6) is -2.12. The number of piperazine rings is 1. The van der Waals surface area contributed by atoms with Crippen molar-refractivity contribution in [1.82, 2.24) is 14.7 Å². The number of hydrogen-bond donors (Lipinski definition) is 0. The number of benzene rings is 1. The van der Waals surface area contributed by atoms with E-state index in [9.17, 15) is 27.6 Å². The van der Waals surface area contributed by atoms with Gasteiger partial charge in [-0.2, -0.15) is 13.2 Å². The Labute approximate surface area is 196 Å². The van der Waals surface area contributed by atoms with Crippen LogP contribution >= 0.6 is 0 Å². The predicted octanol–water partition coefficient (Wildman–Crippen LogP) is 3.72. The van der Waals surface area contributed by atoms with Crippen molar-refractivity contribution in [3.63, 3.8) is 0 Å². The van der Waals surface area contributed by atoms with Gasteiger partial charge in [-0.15, -0.1) is 0 Å². The second-order valence-electron chi connectivity index (χ2n) is 9.56. The first-order valence-electron chi connectivity index (χ1n) is 11.8.